The second-order valence-corrected chi connectivity index (χ2v) is 10.0. The average molecular weight is 486 g/mol. The van der Waals surface area contributed by atoms with Crippen LogP contribution in [0.4, 0.5) is 5.00 Å². The summed E-state index contributed by atoms with van der Waals surface area (Å²) < 4.78 is 16.6. The first-order chi connectivity index (χ1) is 16.3. The zero-order valence-electron chi connectivity index (χ0n) is 20.7. The van der Waals surface area contributed by atoms with Gasteiger partial charge in [-0.25, -0.2) is 4.79 Å². The lowest BCUT2D eigenvalue weighted by Crippen LogP contribution is -2.15. The molecule has 0 radical (unpaired) electrons. The Labute approximate surface area is 206 Å². The number of benzene rings is 1. The van der Waals surface area contributed by atoms with Gasteiger partial charge < -0.3 is 19.5 Å². The van der Waals surface area contributed by atoms with E-state index in [0.29, 0.717) is 41.2 Å². The van der Waals surface area contributed by atoms with Gasteiger partial charge in [0.05, 0.1) is 25.9 Å². The van der Waals surface area contributed by atoms with Gasteiger partial charge in [-0.15, -0.1) is 11.3 Å². The van der Waals surface area contributed by atoms with E-state index in [1.165, 1.54) is 22.3 Å². The first-order valence-corrected chi connectivity index (χ1v) is 12.8. The van der Waals surface area contributed by atoms with Gasteiger partial charge >= 0.3 is 5.97 Å². The molecule has 184 valence electrons. The summed E-state index contributed by atoms with van der Waals surface area (Å²) in [5.74, 6) is 1.47. The van der Waals surface area contributed by atoms with Gasteiger partial charge in [-0.3, -0.25) is 4.79 Å². The molecule has 1 aromatic heterocycles. The number of thiophene rings is 1. The maximum absolute atomic E-state index is 12.7. The van der Waals surface area contributed by atoms with Gasteiger partial charge in [0.1, 0.15) is 5.00 Å². The first-order valence-electron chi connectivity index (χ1n) is 12.0. The largest absolute Gasteiger partial charge is 0.493 e. The van der Waals surface area contributed by atoms with E-state index >= 15 is 0 Å². The normalized spacial score (nSPS) is 15.3. The second kappa shape index (κ2) is 12.1. The fourth-order valence-electron chi connectivity index (χ4n) is 4.04. The van der Waals surface area contributed by atoms with Crippen molar-refractivity contribution in [2.24, 2.45) is 5.92 Å². The molecule has 1 heterocycles. The van der Waals surface area contributed by atoms with E-state index in [4.69, 9.17) is 14.2 Å². The maximum atomic E-state index is 12.7. The number of amides is 1. The van der Waals surface area contributed by atoms with Crippen molar-refractivity contribution >= 4 is 34.3 Å². The number of rotatable bonds is 10. The smallest absolute Gasteiger partial charge is 0.341 e. The maximum Gasteiger partial charge on any atom is 0.341 e. The minimum atomic E-state index is -0.370. The molecule has 1 unspecified atom stereocenters. The second-order valence-electron chi connectivity index (χ2n) is 8.92. The van der Waals surface area contributed by atoms with E-state index in [2.05, 4.69) is 26.1 Å². The number of esters is 1. The van der Waals surface area contributed by atoms with E-state index in [9.17, 15) is 9.59 Å². The number of methoxy groups -OCH3 is 1. The lowest BCUT2D eigenvalue weighted by molar-refractivity contribution is -0.111. The van der Waals surface area contributed by atoms with Crippen LogP contribution in [0, 0.1) is 5.92 Å². The Morgan fingerprint density at radius 3 is 2.76 bits per heavy atom. The molecule has 2 aromatic rings. The monoisotopic (exact) mass is 485 g/mol. The summed E-state index contributed by atoms with van der Waals surface area (Å²) in [5.41, 5.74) is 2.36. The zero-order chi connectivity index (χ0) is 24.7. The minimum Gasteiger partial charge on any atom is -0.493 e. The number of anilines is 1. The lowest BCUT2D eigenvalue weighted by Gasteiger charge is -2.19. The minimum absolute atomic E-state index is 0.273. The highest BCUT2D eigenvalue weighted by Gasteiger charge is 2.30. The Kier molecular flexibility index (Phi) is 9.16. The summed E-state index contributed by atoms with van der Waals surface area (Å²) in [6.07, 6.45) is 7.18. The van der Waals surface area contributed by atoms with Crippen LogP contribution in [-0.4, -0.2) is 32.2 Å². The van der Waals surface area contributed by atoms with Crippen molar-refractivity contribution < 1.29 is 23.8 Å². The Morgan fingerprint density at radius 1 is 1.26 bits per heavy atom. The van der Waals surface area contributed by atoms with Crippen molar-refractivity contribution in [1.82, 2.24) is 0 Å². The summed E-state index contributed by atoms with van der Waals surface area (Å²) in [6, 6.07) is 5.57. The molecule has 3 rings (SSSR count). The van der Waals surface area contributed by atoms with Gasteiger partial charge in [0, 0.05) is 11.0 Å². The standard InChI is InChI=1S/C27H35NO5S/c1-6-32-27(30)25-24-18(4)8-7-9-22(24)34-26(25)28-23(29)13-11-19-10-12-20(21(16-19)31-5)33-15-14-17(2)3/h10-13,16-18H,6-9,14-15H2,1-5H3,(H,28,29)/b13-11+. The van der Waals surface area contributed by atoms with Gasteiger partial charge in [0.2, 0.25) is 5.91 Å². The topological polar surface area (TPSA) is 73.9 Å². The summed E-state index contributed by atoms with van der Waals surface area (Å²) in [6.45, 7) is 9.14. The quantitative estimate of drug-likeness (QED) is 0.309. The number of carbonyl (C=O) groups is 2. The number of fused-ring (bicyclic) bond motifs is 1. The average Bonchev–Trinajstić information content (AvgIpc) is 3.17. The SMILES string of the molecule is CCOC(=O)c1c(NC(=O)/C=C/c2ccc(OCCC(C)C)c(OC)c2)sc2c1C(C)CCC2. The van der Waals surface area contributed by atoms with E-state index in [1.807, 2.05) is 18.2 Å². The molecular weight excluding hydrogens is 450 g/mol. The van der Waals surface area contributed by atoms with Crippen LogP contribution in [0.5, 0.6) is 11.5 Å². The van der Waals surface area contributed by atoms with Crippen molar-refractivity contribution in [2.45, 2.75) is 59.3 Å². The number of aryl methyl sites for hydroxylation is 1. The molecule has 0 saturated carbocycles. The predicted molar refractivity (Wildman–Crippen MR) is 137 cm³/mol. The van der Waals surface area contributed by atoms with Gasteiger partial charge in [0.15, 0.2) is 11.5 Å². The van der Waals surface area contributed by atoms with E-state index in [0.717, 1.165) is 36.8 Å². The molecule has 1 N–H and O–H groups in total. The van der Waals surface area contributed by atoms with Crippen LogP contribution in [0.1, 0.15) is 79.2 Å². The van der Waals surface area contributed by atoms with Crippen LogP contribution in [0.15, 0.2) is 24.3 Å². The summed E-state index contributed by atoms with van der Waals surface area (Å²) >= 11 is 1.48. The fourth-order valence-corrected chi connectivity index (χ4v) is 5.40. The fraction of sp³-hybridized carbons (Fsp3) is 0.481. The summed E-state index contributed by atoms with van der Waals surface area (Å²) in [7, 11) is 1.60. The van der Waals surface area contributed by atoms with Crippen LogP contribution < -0.4 is 14.8 Å². The van der Waals surface area contributed by atoms with Crippen molar-refractivity contribution in [3.8, 4) is 11.5 Å². The molecule has 1 aliphatic carbocycles. The Hall–Kier alpha value is -2.80. The van der Waals surface area contributed by atoms with E-state index in [-0.39, 0.29) is 17.8 Å². The highest BCUT2D eigenvalue weighted by molar-refractivity contribution is 7.17. The van der Waals surface area contributed by atoms with Crippen LogP contribution in [0.3, 0.4) is 0 Å². The molecule has 0 bridgehead atoms. The van der Waals surface area contributed by atoms with Gasteiger partial charge in [-0.2, -0.15) is 0 Å². The highest BCUT2D eigenvalue weighted by atomic mass is 32.1. The Bertz CT molecular complexity index is 1040. The third kappa shape index (κ3) is 6.41. The molecule has 1 aromatic carbocycles. The van der Waals surface area contributed by atoms with Crippen molar-refractivity contribution in [3.63, 3.8) is 0 Å². The molecule has 1 amide bonds. The predicted octanol–water partition coefficient (Wildman–Crippen LogP) is 6.45. The number of carbonyl (C=O) groups excluding carboxylic acids is 2. The molecule has 0 spiro atoms. The van der Waals surface area contributed by atoms with Gasteiger partial charge in [0.25, 0.3) is 0 Å². The molecule has 1 aliphatic rings. The molecule has 0 fully saturated rings. The van der Waals surface area contributed by atoms with Gasteiger partial charge in [-0.05, 0) is 73.8 Å². The van der Waals surface area contributed by atoms with Crippen LogP contribution in [-0.2, 0) is 16.0 Å². The first kappa shape index (κ1) is 25.8. The van der Waals surface area contributed by atoms with E-state index < -0.39 is 0 Å². The molecule has 0 aliphatic heterocycles. The molecule has 1 atom stereocenters. The number of hydrogen-bond donors (Lipinski definition) is 1. The third-order valence-corrected chi connectivity index (χ3v) is 7.02. The Balaban J connectivity index is 1.74. The molecule has 34 heavy (non-hydrogen) atoms. The number of nitrogens with one attached hydrogen (secondary N) is 1. The summed E-state index contributed by atoms with van der Waals surface area (Å²) in [5, 5.41) is 3.48. The van der Waals surface area contributed by atoms with Crippen LogP contribution in [0.25, 0.3) is 6.08 Å². The molecule has 0 saturated heterocycles. The van der Waals surface area contributed by atoms with Crippen LogP contribution >= 0.6 is 11.3 Å². The molecular formula is C27H35NO5S. The number of ether oxygens (including phenoxy) is 3. The van der Waals surface area contributed by atoms with Crippen molar-refractivity contribution in [1.29, 1.82) is 0 Å². The molecule has 6 nitrogen and oxygen atoms in total. The van der Waals surface area contributed by atoms with Crippen molar-refractivity contribution in [3.05, 3.63) is 45.8 Å². The third-order valence-electron chi connectivity index (χ3n) is 5.84. The van der Waals surface area contributed by atoms with Crippen LogP contribution in [0.2, 0.25) is 0 Å². The molecule has 7 heteroatoms. The lowest BCUT2D eigenvalue weighted by atomic mass is 9.86. The van der Waals surface area contributed by atoms with Crippen molar-refractivity contribution in [2.75, 3.05) is 25.6 Å². The van der Waals surface area contributed by atoms with Gasteiger partial charge in [-0.1, -0.05) is 26.8 Å². The van der Waals surface area contributed by atoms with E-state index in [1.54, 1.807) is 20.1 Å². The zero-order valence-corrected chi connectivity index (χ0v) is 21.6. The Morgan fingerprint density at radius 2 is 2.06 bits per heavy atom. The number of hydrogen-bond acceptors (Lipinski definition) is 6. The highest BCUT2D eigenvalue weighted by Crippen LogP contribution is 2.43. The summed E-state index contributed by atoms with van der Waals surface area (Å²) in [4.78, 5) is 26.6.